The number of hydrogen-bond donors (Lipinski definition) is 1. The Morgan fingerprint density at radius 3 is 2.85 bits per heavy atom. The molecular weight excluding hydrogens is 266 g/mol. The zero-order valence-corrected chi connectivity index (χ0v) is 11.1. The van der Waals surface area contributed by atoms with Crippen LogP contribution in [-0.4, -0.2) is 25.7 Å². The van der Waals surface area contributed by atoms with Crippen LogP contribution >= 0.6 is 0 Å². The molecule has 6 heteroatoms. The van der Waals surface area contributed by atoms with Crippen LogP contribution in [0.1, 0.15) is 12.5 Å². The van der Waals surface area contributed by atoms with Crippen LogP contribution in [-0.2, 0) is 9.53 Å². The molecule has 0 bridgehead atoms. The Morgan fingerprint density at radius 2 is 2.25 bits per heavy atom. The maximum absolute atomic E-state index is 13.5. The number of halogens is 2. The number of benzene rings is 1. The second-order valence-electron chi connectivity index (χ2n) is 4.14. The first-order chi connectivity index (χ1) is 9.49. The zero-order valence-electron chi connectivity index (χ0n) is 11.1. The molecule has 0 fully saturated rings. The standard InChI is InChI=1S/C14H14F2N2O2/c1-9(8-20-2)18-14(19)11(7-17)6-10-4-3-5-12(15)13(10)16/h3-6,9H,8H2,1-2H3,(H,18,19). The first kappa shape index (κ1) is 15.8. The van der Waals surface area contributed by atoms with E-state index in [-0.39, 0.29) is 23.8 Å². The van der Waals surface area contributed by atoms with Gasteiger partial charge in [0.25, 0.3) is 5.91 Å². The van der Waals surface area contributed by atoms with E-state index in [4.69, 9.17) is 10.00 Å². The molecule has 0 heterocycles. The molecule has 0 spiro atoms. The fraction of sp³-hybridized carbons (Fsp3) is 0.286. The number of nitrogens with zero attached hydrogens (tertiary/aromatic N) is 1. The van der Waals surface area contributed by atoms with Gasteiger partial charge in [0.1, 0.15) is 11.6 Å². The van der Waals surface area contributed by atoms with Gasteiger partial charge in [-0.2, -0.15) is 5.26 Å². The highest BCUT2D eigenvalue weighted by Crippen LogP contribution is 2.15. The molecule has 1 N–H and O–H groups in total. The van der Waals surface area contributed by atoms with E-state index < -0.39 is 17.5 Å². The number of rotatable bonds is 5. The van der Waals surface area contributed by atoms with Crippen molar-refractivity contribution in [2.45, 2.75) is 13.0 Å². The molecule has 0 aromatic heterocycles. The minimum Gasteiger partial charge on any atom is -0.383 e. The highest BCUT2D eigenvalue weighted by atomic mass is 19.2. The Kier molecular flexibility index (Phi) is 5.81. The highest BCUT2D eigenvalue weighted by molar-refractivity contribution is 6.01. The maximum Gasteiger partial charge on any atom is 0.262 e. The van der Waals surface area contributed by atoms with Crippen molar-refractivity contribution in [2.75, 3.05) is 13.7 Å². The van der Waals surface area contributed by atoms with E-state index >= 15 is 0 Å². The monoisotopic (exact) mass is 280 g/mol. The molecule has 1 rings (SSSR count). The van der Waals surface area contributed by atoms with Gasteiger partial charge in [-0.1, -0.05) is 12.1 Å². The molecule has 0 radical (unpaired) electrons. The van der Waals surface area contributed by atoms with Crippen molar-refractivity contribution < 1.29 is 18.3 Å². The number of ether oxygens (including phenoxy) is 1. The van der Waals surface area contributed by atoms with Gasteiger partial charge in [-0.15, -0.1) is 0 Å². The molecule has 106 valence electrons. The number of carbonyl (C=O) groups is 1. The van der Waals surface area contributed by atoms with E-state index in [1.54, 1.807) is 13.0 Å². The molecule has 1 aromatic carbocycles. The molecule has 4 nitrogen and oxygen atoms in total. The summed E-state index contributed by atoms with van der Waals surface area (Å²) in [5.74, 6) is -2.80. The van der Waals surface area contributed by atoms with Crippen molar-refractivity contribution in [3.05, 3.63) is 41.0 Å². The number of nitrogens with one attached hydrogen (secondary N) is 1. The number of methoxy groups -OCH3 is 1. The lowest BCUT2D eigenvalue weighted by molar-refractivity contribution is -0.117. The van der Waals surface area contributed by atoms with Crippen molar-refractivity contribution in [3.8, 4) is 6.07 Å². The van der Waals surface area contributed by atoms with Crippen LogP contribution in [0.4, 0.5) is 8.78 Å². The van der Waals surface area contributed by atoms with Gasteiger partial charge in [0, 0.05) is 18.7 Å². The molecule has 0 saturated carbocycles. The fourth-order valence-corrected chi connectivity index (χ4v) is 1.53. The lowest BCUT2D eigenvalue weighted by Gasteiger charge is -2.12. The van der Waals surface area contributed by atoms with E-state index in [2.05, 4.69) is 5.32 Å². The van der Waals surface area contributed by atoms with Crippen LogP contribution in [0, 0.1) is 23.0 Å². The third-order valence-corrected chi connectivity index (χ3v) is 2.44. The highest BCUT2D eigenvalue weighted by Gasteiger charge is 2.14. The molecular formula is C14H14F2N2O2. The Balaban J connectivity index is 2.96. The molecule has 1 amide bonds. The summed E-state index contributed by atoms with van der Waals surface area (Å²) in [7, 11) is 1.48. The number of carbonyl (C=O) groups excluding carboxylic acids is 1. The summed E-state index contributed by atoms with van der Waals surface area (Å²) >= 11 is 0. The van der Waals surface area contributed by atoms with Gasteiger partial charge in [-0.3, -0.25) is 4.79 Å². The molecule has 0 saturated heterocycles. The maximum atomic E-state index is 13.5. The summed E-state index contributed by atoms with van der Waals surface area (Å²) in [6.45, 7) is 1.97. The molecule has 0 aliphatic carbocycles. The SMILES string of the molecule is COCC(C)NC(=O)C(C#N)=Cc1cccc(F)c1F. The van der Waals surface area contributed by atoms with Gasteiger partial charge in [-0.05, 0) is 19.1 Å². The predicted molar refractivity (Wildman–Crippen MR) is 69.4 cm³/mol. The van der Waals surface area contributed by atoms with Crippen molar-refractivity contribution in [1.82, 2.24) is 5.32 Å². The van der Waals surface area contributed by atoms with Crippen LogP contribution in [0.2, 0.25) is 0 Å². The van der Waals surface area contributed by atoms with Gasteiger partial charge in [0.15, 0.2) is 11.6 Å². The van der Waals surface area contributed by atoms with Crippen molar-refractivity contribution >= 4 is 12.0 Å². The van der Waals surface area contributed by atoms with Gasteiger partial charge in [0.05, 0.1) is 6.61 Å². The molecule has 0 aliphatic rings. The largest absolute Gasteiger partial charge is 0.383 e. The predicted octanol–water partition coefficient (Wildman–Crippen LogP) is 2.02. The minimum absolute atomic E-state index is 0.156. The first-order valence-electron chi connectivity index (χ1n) is 5.85. The summed E-state index contributed by atoms with van der Waals surface area (Å²) in [6.07, 6.45) is 1.01. The van der Waals surface area contributed by atoms with Gasteiger partial charge >= 0.3 is 0 Å². The number of hydrogen-bond acceptors (Lipinski definition) is 3. The zero-order chi connectivity index (χ0) is 15.1. The van der Waals surface area contributed by atoms with Gasteiger partial charge < -0.3 is 10.1 Å². The third-order valence-electron chi connectivity index (χ3n) is 2.44. The van der Waals surface area contributed by atoms with Crippen molar-refractivity contribution in [3.63, 3.8) is 0 Å². The topological polar surface area (TPSA) is 62.1 Å². The quantitative estimate of drug-likeness (QED) is 0.663. The van der Waals surface area contributed by atoms with Crippen molar-refractivity contribution in [1.29, 1.82) is 5.26 Å². The number of amides is 1. The Morgan fingerprint density at radius 1 is 1.55 bits per heavy atom. The minimum atomic E-state index is -1.10. The van der Waals surface area contributed by atoms with E-state index in [0.29, 0.717) is 0 Å². The van der Waals surface area contributed by atoms with E-state index in [1.165, 1.54) is 19.2 Å². The summed E-state index contributed by atoms with van der Waals surface area (Å²) in [6, 6.07) is 4.89. The second-order valence-corrected chi connectivity index (χ2v) is 4.14. The first-order valence-corrected chi connectivity index (χ1v) is 5.85. The summed E-state index contributed by atoms with van der Waals surface area (Å²) in [5.41, 5.74) is -0.464. The van der Waals surface area contributed by atoms with Crippen LogP contribution in [0.15, 0.2) is 23.8 Å². The molecule has 1 aromatic rings. The third kappa shape index (κ3) is 4.14. The smallest absolute Gasteiger partial charge is 0.262 e. The van der Waals surface area contributed by atoms with Crippen molar-refractivity contribution in [2.24, 2.45) is 0 Å². The molecule has 1 atom stereocenters. The summed E-state index contributed by atoms with van der Waals surface area (Å²) < 4.78 is 31.3. The summed E-state index contributed by atoms with van der Waals surface area (Å²) in [4.78, 5) is 11.8. The lowest BCUT2D eigenvalue weighted by Crippen LogP contribution is -2.36. The summed E-state index contributed by atoms with van der Waals surface area (Å²) in [5, 5.41) is 11.4. The number of nitriles is 1. The Labute approximate surface area is 115 Å². The Hall–Kier alpha value is -2.26. The van der Waals surface area contributed by atoms with Crippen LogP contribution in [0.3, 0.4) is 0 Å². The van der Waals surface area contributed by atoms with Crippen LogP contribution in [0.5, 0.6) is 0 Å². The molecule has 1 unspecified atom stereocenters. The molecule has 20 heavy (non-hydrogen) atoms. The lowest BCUT2D eigenvalue weighted by atomic mass is 10.1. The van der Waals surface area contributed by atoms with Gasteiger partial charge in [0.2, 0.25) is 0 Å². The van der Waals surface area contributed by atoms with E-state index in [1.807, 2.05) is 0 Å². The Bertz CT molecular complexity index is 565. The van der Waals surface area contributed by atoms with E-state index in [9.17, 15) is 13.6 Å². The average molecular weight is 280 g/mol. The molecule has 0 aliphatic heterocycles. The van der Waals surface area contributed by atoms with Crippen LogP contribution < -0.4 is 5.32 Å². The average Bonchev–Trinajstić information content (AvgIpc) is 2.40. The fourth-order valence-electron chi connectivity index (χ4n) is 1.53. The second kappa shape index (κ2) is 7.36. The van der Waals surface area contributed by atoms with E-state index in [0.717, 1.165) is 12.1 Å². The van der Waals surface area contributed by atoms with Crippen LogP contribution in [0.25, 0.3) is 6.08 Å². The normalized spacial score (nSPS) is 12.7. The van der Waals surface area contributed by atoms with Gasteiger partial charge in [-0.25, -0.2) is 8.78 Å².